The van der Waals surface area contributed by atoms with Crippen LogP contribution in [0.25, 0.3) is 0 Å². The maximum atomic E-state index is 12.9. The van der Waals surface area contributed by atoms with E-state index in [1.165, 1.54) is 19.3 Å². The van der Waals surface area contributed by atoms with E-state index in [2.05, 4.69) is 10.6 Å². The van der Waals surface area contributed by atoms with E-state index in [0.717, 1.165) is 37.0 Å². The Morgan fingerprint density at radius 1 is 1.13 bits per heavy atom. The summed E-state index contributed by atoms with van der Waals surface area (Å²) in [7, 11) is 0. The summed E-state index contributed by atoms with van der Waals surface area (Å²) in [6, 6.07) is 6.73. The molecular formula is C18H22N2O2S. The van der Waals surface area contributed by atoms with Crippen LogP contribution in [0.2, 0.25) is 0 Å². The molecule has 4 saturated carbocycles. The molecule has 4 fully saturated rings. The summed E-state index contributed by atoms with van der Waals surface area (Å²) in [6.45, 7) is 0. The number of anilines is 1. The number of nitrogens with one attached hydrogen (secondary N) is 2. The van der Waals surface area contributed by atoms with Gasteiger partial charge in [-0.05, 0) is 80.6 Å². The number of carbonyl (C=O) groups is 1. The lowest BCUT2D eigenvalue weighted by molar-refractivity contribution is -0.144. The fourth-order valence-electron chi connectivity index (χ4n) is 5.37. The minimum absolute atomic E-state index is 0.0919. The van der Waals surface area contributed by atoms with Gasteiger partial charge in [0.15, 0.2) is 5.11 Å². The van der Waals surface area contributed by atoms with Crippen molar-refractivity contribution in [2.24, 2.45) is 23.2 Å². The molecule has 0 unspecified atom stereocenters. The molecule has 0 radical (unpaired) electrons. The number of benzene rings is 1. The summed E-state index contributed by atoms with van der Waals surface area (Å²) < 4.78 is 0. The molecule has 122 valence electrons. The van der Waals surface area contributed by atoms with Gasteiger partial charge in [-0.3, -0.25) is 4.79 Å². The van der Waals surface area contributed by atoms with E-state index < -0.39 is 0 Å². The molecule has 1 aromatic carbocycles. The van der Waals surface area contributed by atoms with Gasteiger partial charge in [-0.15, -0.1) is 0 Å². The molecule has 0 aliphatic heterocycles. The Hall–Kier alpha value is -1.62. The molecule has 0 aromatic heterocycles. The fraction of sp³-hybridized carbons (Fsp3) is 0.556. The van der Waals surface area contributed by atoms with E-state index >= 15 is 0 Å². The first-order valence-electron chi connectivity index (χ1n) is 8.44. The zero-order valence-electron chi connectivity index (χ0n) is 13.0. The van der Waals surface area contributed by atoms with Crippen molar-refractivity contribution in [1.29, 1.82) is 0 Å². The van der Waals surface area contributed by atoms with Crippen LogP contribution in [0.3, 0.4) is 0 Å². The van der Waals surface area contributed by atoms with Gasteiger partial charge in [-0.1, -0.05) is 6.07 Å². The van der Waals surface area contributed by atoms with Crippen molar-refractivity contribution in [3.63, 3.8) is 0 Å². The molecule has 0 saturated heterocycles. The number of carbonyl (C=O) groups excluding carboxylic acids is 1. The molecule has 4 aliphatic rings. The molecule has 0 spiro atoms. The average Bonchev–Trinajstić information content (AvgIpc) is 2.45. The van der Waals surface area contributed by atoms with Crippen molar-refractivity contribution in [3.8, 4) is 5.75 Å². The maximum Gasteiger partial charge on any atom is 0.232 e. The average molecular weight is 330 g/mol. The predicted octanol–water partition coefficient (Wildman–Crippen LogP) is 3.42. The van der Waals surface area contributed by atoms with Crippen molar-refractivity contribution < 1.29 is 9.90 Å². The van der Waals surface area contributed by atoms with Gasteiger partial charge in [0.25, 0.3) is 0 Å². The highest BCUT2D eigenvalue weighted by molar-refractivity contribution is 7.80. The Morgan fingerprint density at radius 2 is 1.74 bits per heavy atom. The first-order valence-corrected chi connectivity index (χ1v) is 8.85. The van der Waals surface area contributed by atoms with Gasteiger partial charge in [0.1, 0.15) is 5.75 Å². The number of phenols is 1. The quantitative estimate of drug-likeness (QED) is 0.727. The van der Waals surface area contributed by atoms with Crippen LogP contribution in [0.5, 0.6) is 5.75 Å². The smallest absolute Gasteiger partial charge is 0.232 e. The number of amides is 1. The predicted molar refractivity (Wildman–Crippen MR) is 93.1 cm³/mol. The molecule has 1 amide bonds. The van der Waals surface area contributed by atoms with Crippen molar-refractivity contribution in [2.75, 3.05) is 5.32 Å². The van der Waals surface area contributed by atoms with Crippen LogP contribution in [0, 0.1) is 23.2 Å². The second-order valence-corrected chi connectivity index (χ2v) is 8.06. The standard InChI is InChI=1S/C18H22N2O2S/c21-15-3-1-2-14(7-15)19-17(23)20-16(22)18-8-11-4-12(9-18)6-13(5-11)10-18/h1-3,7,11-13,21H,4-6,8-10H2,(H2,19,20,22,23). The zero-order valence-corrected chi connectivity index (χ0v) is 13.9. The first-order chi connectivity index (χ1) is 11.0. The van der Waals surface area contributed by atoms with E-state index in [1.54, 1.807) is 18.2 Å². The van der Waals surface area contributed by atoms with Crippen molar-refractivity contribution in [1.82, 2.24) is 5.32 Å². The Morgan fingerprint density at radius 3 is 2.30 bits per heavy atom. The minimum atomic E-state index is -0.195. The lowest BCUT2D eigenvalue weighted by Gasteiger charge is -2.55. The number of hydrogen-bond acceptors (Lipinski definition) is 3. The summed E-state index contributed by atoms with van der Waals surface area (Å²) in [5, 5.41) is 15.7. The zero-order chi connectivity index (χ0) is 16.0. The summed E-state index contributed by atoms with van der Waals surface area (Å²) in [6.07, 6.45) is 7.04. The van der Waals surface area contributed by atoms with E-state index in [9.17, 15) is 9.90 Å². The third-order valence-electron chi connectivity index (χ3n) is 5.85. The number of aromatic hydroxyl groups is 1. The van der Waals surface area contributed by atoms with E-state index in [-0.39, 0.29) is 17.1 Å². The molecule has 5 heteroatoms. The number of hydrogen-bond donors (Lipinski definition) is 3. The molecule has 23 heavy (non-hydrogen) atoms. The molecule has 4 bridgehead atoms. The molecule has 0 atom stereocenters. The largest absolute Gasteiger partial charge is 0.508 e. The molecule has 0 heterocycles. The van der Waals surface area contributed by atoms with Gasteiger partial charge < -0.3 is 15.7 Å². The number of phenolic OH excluding ortho intramolecular Hbond substituents is 1. The first kappa shape index (κ1) is 14.9. The molecule has 3 N–H and O–H groups in total. The number of thiocarbonyl (C=S) groups is 1. The van der Waals surface area contributed by atoms with Crippen LogP contribution in [-0.4, -0.2) is 16.1 Å². The Balaban J connectivity index is 1.42. The van der Waals surface area contributed by atoms with Crippen LogP contribution in [0.4, 0.5) is 5.69 Å². The SMILES string of the molecule is O=C(NC(=S)Nc1cccc(O)c1)C12CC3CC(CC(C3)C1)C2. The second-order valence-electron chi connectivity index (χ2n) is 7.66. The van der Waals surface area contributed by atoms with Gasteiger partial charge in [-0.2, -0.15) is 0 Å². The summed E-state index contributed by atoms with van der Waals surface area (Å²) in [4.78, 5) is 12.9. The highest BCUT2D eigenvalue weighted by Crippen LogP contribution is 2.60. The highest BCUT2D eigenvalue weighted by atomic mass is 32.1. The second kappa shape index (κ2) is 5.48. The van der Waals surface area contributed by atoms with Crippen LogP contribution in [-0.2, 0) is 4.79 Å². The van der Waals surface area contributed by atoms with Crippen LogP contribution < -0.4 is 10.6 Å². The number of rotatable bonds is 2. The van der Waals surface area contributed by atoms with Gasteiger partial charge in [-0.25, -0.2) is 0 Å². The Labute approximate surface area is 141 Å². The molecular weight excluding hydrogens is 308 g/mol. The molecule has 5 rings (SSSR count). The maximum absolute atomic E-state index is 12.9. The normalized spacial score (nSPS) is 34.2. The lowest BCUT2D eigenvalue weighted by Crippen LogP contribution is -2.55. The molecule has 4 aliphatic carbocycles. The van der Waals surface area contributed by atoms with Crippen LogP contribution in [0.15, 0.2) is 24.3 Å². The highest BCUT2D eigenvalue weighted by Gasteiger charge is 2.54. The third kappa shape index (κ3) is 2.82. The fourth-order valence-corrected chi connectivity index (χ4v) is 5.58. The van der Waals surface area contributed by atoms with E-state index in [4.69, 9.17) is 12.2 Å². The van der Waals surface area contributed by atoms with E-state index in [0.29, 0.717) is 10.8 Å². The minimum Gasteiger partial charge on any atom is -0.508 e. The van der Waals surface area contributed by atoms with Crippen molar-refractivity contribution >= 4 is 28.9 Å². The van der Waals surface area contributed by atoms with Crippen LogP contribution in [0.1, 0.15) is 38.5 Å². The van der Waals surface area contributed by atoms with Gasteiger partial charge in [0.05, 0.1) is 5.41 Å². The van der Waals surface area contributed by atoms with E-state index in [1.807, 2.05) is 6.07 Å². The Bertz CT molecular complexity index is 623. The molecule has 4 nitrogen and oxygen atoms in total. The van der Waals surface area contributed by atoms with Crippen molar-refractivity contribution in [2.45, 2.75) is 38.5 Å². The molecule has 1 aromatic rings. The summed E-state index contributed by atoms with van der Waals surface area (Å²) >= 11 is 5.29. The summed E-state index contributed by atoms with van der Waals surface area (Å²) in [5.41, 5.74) is 0.486. The third-order valence-corrected chi connectivity index (χ3v) is 6.06. The summed E-state index contributed by atoms with van der Waals surface area (Å²) in [5.74, 6) is 2.47. The van der Waals surface area contributed by atoms with Crippen LogP contribution >= 0.6 is 12.2 Å². The lowest BCUT2D eigenvalue weighted by atomic mass is 9.49. The Kier molecular flexibility index (Phi) is 3.56. The van der Waals surface area contributed by atoms with Crippen molar-refractivity contribution in [3.05, 3.63) is 24.3 Å². The topological polar surface area (TPSA) is 61.4 Å². The van der Waals surface area contributed by atoms with Gasteiger partial charge in [0, 0.05) is 11.8 Å². The monoisotopic (exact) mass is 330 g/mol. The van der Waals surface area contributed by atoms with Gasteiger partial charge in [0.2, 0.25) is 5.91 Å². The van der Waals surface area contributed by atoms with Gasteiger partial charge >= 0.3 is 0 Å².